The summed E-state index contributed by atoms with van der Waals surface area (Å²) in [5.74, 6) is -0.591. The monoisotopic (exact) mass is 679 g/mol. The van der Waals surface area contributed by atoms with Gasteiger partial charge in [0.2, 0.25) is 0 Å². The number of esters is 2. The van der Waals surface area contributed by atoms with Gasteiger partial charge in [0.05, 0.1) is 6.61 Å². The van der Waals surface area contributed by atoms with Crippen molar-refractivity contribution in [2.24, 2.45) is 0 Å². The number of carbonyl (C=O) groups excluding carboxylic acids is 2. The fraction of sp³-hybridized carbons (Fsp3) is 0.907. The van der Waals surface area contributed by atoms with Gasteiger partial charge >= 0.3 is 11.9 Å². The second-order valence-electron chi connectivity index (χ2n) is 14.4. The third-order valence-corrected chi connectivity index (χ3v) is 9.56. The number of carbonyl (C=O) groups is 2. The third kappa shape index (κ3) is 37.5. The van der Waals surface area contributed by atoms with Gasteiger partial charge in [0, 0.05) is 12.8 Å². The van der Waals surface area contributed by atoms with Crippen LogP contribution < -0.4 is 0 Å². The van der Waals surface area contributed by atoms with Gasteiger partial charge in [-0.05, 0) is 32.1 Å². The van der Waals surface area contributed by atoms with E-state index >= 15 is 0 Å². The normalized spacial score (nSPS) is 12.1. The first-order valence-electron chi connectivity index (χ1n) is 21.2. The Morgan fingerprint density at radius 2 is 0.792 bits per heavy atom. The Morgan fingerprint density at radius 3 is 1.19 bits per heavy atom. The second kappa shape index (κ2) is 40.1. The number of ether oxygens (including phenoxy) is 2. The summed E-state index contributed by atoms with van der Waals surface area (Å²) in [5.41, 5.74) is 0. The average Bonchev–Trinajstić information content (AvgIpc) is 3.09. The SMILES string of the molecule is CCCC/C=C/CCCCCCCC(=O)OC[C@H](CO)OC(=O)CCCCCCCCCCCCCCCCCCCCCCCCC. The van der Waals surface area contributed by atoms with Crippen LogP contribution in [0.4, 0.5) is 0 Å². The lowest BCUT2D eigenvalue weighted by Gasteiger charge is -2.15. The Balaban J connectivity index is 3.44. The molecular formula is C43H82O5. The third-order valence-electron chi connectivity index (χ3n) is 9.56. The van der Waals surface area contributed by atoms with Crippen molar-refractivity contribution in [3.63, 3.8) is 0 Å². The van der Waals surface area contributed by atoms with E-state index in [9.17, 15) is 14.7 Å². The van der Waals surface area contributed by atoms with E-state index in [1.165, 1.54) is 161 Å². The van der Waals surface area contributed by atoms with Crippen molar-refractivity contribution in [2.45, 2.75) is 238 Å². The molecule has 0 aliphatic heterocycles. The molecule has 48 heavy (non-hydrogen) atoms. The van der Waals surface area contributed by atoms with Crippen molar-refractivity contribution in [1.29, 1.82) is 0 Å². The predicted octanol–water partition coefficient (Wildman–Crippen LogP) is 13.3. The van der Waals surface area contributed by atoms with Crippen LogP contribution in [0.5, 0.6) is 0 Å². The zero-order chi connectivity index (χ0) is 35.0. The Hall–Kier alpha value is -1.36. The molecular weight excluding hydrogens is 596 g/mol. The van der Waals surface area contributed by atoms with Crippen molar-refractivity contribution in [3.05, 3.63) is 12.2 Å². The molecule has 1 atom stereocenters. The molecule has 0 unspecified atom stereocenters. The summed E-state index contributed by atoms with van der Waals surface area (Å²) in [6.45, 7) is 4.11. The summed E-state index contributed by atoms with van der Waals surface area (Å²) in [6, 6.07) is 0. The van der Waals surface area contributed by atoms with E-state index in [4.69, 9.17) is 9.47 Å². The lowest BCUT2D eigenvalue weighted by atomic mass is 10.0. The van der Waals surface area contributed by atoms with Crippen LogP contribution in [0.1, 0.15) is 232 Å². The van der Waals surface area contributed by atoms with Crippen LogP contribution in [0.3, 0.4) is 0 Å². The zero-order valence-electron chi connectivity index (χ0n) is 32.3. The van der Waals surface area contributed by atoms with Crippen LogP contribution in [-0.4, -0.2) is 36.4 Å². The molecule has 0 saturated carbocycles. The molecule has 0 fully saturated rings. The highest BCUT2D eigenvalue weighted by Crippen LogP contribution is 2.16. The van der Waals surface area contributed by atoms with Gasteiger partial charge < -0.3 is 14.6 Å². The van der Waals surface area contributed by atoms with Gasteiger partial charge in [-0.15, -0.1) is 0 Å². The summed E-state index contributed by atoms with van der Waals surface area (Å²) in [4.78, 5) is 24.2. The molecule has 0 aliphatic carbocycles. The minimum Gasteiger partial charge on any atom is -0.462 e. The number of allylic oxidation sites excluding steroid dienone is 2. The minimum atomic E-state index is -0.767. The van der Waals surface area contributed by atoms with Crippen LogP contribution in [-0.2, 0) is 19.1 Å². The first-order valence-corrected chi connectivity index (χ1v) is 21.2. The highest BCUT2D eigenvalue weighted by Gasteiger charge is 2.16. The smallest absolute Gasteiger partial charge is 0.306 e. The van der Waals surface area contributed by atoms with Gasteiger partial charge in [-0.25, -0.2) is 0 Å². The van der Waals surface area contributed by atoms with E-state index in [0.717, 1.165) is 44.9 Å². The van der Waals surface area contributed by atoms with Gasteiger partial charge in [-0.3, -0.25) is 9.59 Å². The molecule has 0 radical (unpaired) electrons. The summed E-state index contributed by atoms with van der Waals surface area (Å²) >= 11 is 0. The van der Waals surface area contributed by atoms with E-state index in [1.54, 1.807) is 0 Å². The molecule has 0 bridgehead atoms. The van der Waals surface area contributed by atoms with Crippen LogP contribution >= 0.6 is 0 Å². The number of hydrogen-bond donors (Lipinski definition) is 1. The van der Waals surface area contributed by atoms with E-state index in [0.29, 0.717) is 12.8 Å². The van der Waals surface area contributed by atoms with E-state index < -0.39 is 6.10 Å². The van der Waals surface area contributed by atoms with Crippen molar-refractivity contribution < 1.29 is 24.2 Å². The quantitative estimate of drug-likeness (QED) is 0.0398. The van der Waals surface area contributed by atoms with Crippen LogP contribution in [0.2, 0.25) is 0 Å². The van der Waals surface area contributed by atoms with E-state index in [1.807, 2.05) is 0 Å². The summed E-state index contributed by atoms with van der Waals surface area (Å²) in [6.07, 6.45) is 45.8. The standard InChI is InChI=1S/C43H82O5/c1-3-5-7-9-11-13-15-16-17-18-19-20-21-22-23-24-25-26-28-30-32-34-36-38-43(46)48-41(39-44)40-47-42(45)37-35-33-31-29-27-14-12-10-8-6-4-2/h10,12,41,44H,3-9,11,13-40H2,1-2H3/b12-10+/t41-/m0/s1. The summed E-state index contributed by atoms with van der Waals surface area (Å²) in [5, 5.41) is 9.55. The van der Waals surface area contributed by atoms with Crippen molar-refractivity contribution in [1.82, 2.24) is 0 Å². The van der Waals surface area contributed by atoms with Gasteiger partial charge in [-0.2, -0.15) is 0 Å². The molecule has 0 spiro atoms. The number of unbranched alkanes of at least 4 members (excludes halogenated alkanes) is 29. The summed E-state index contributed by atoms with van der Waals surface area (Å²) in [7, 11) is 0. The molecule has 0 aliphatic rings. The number of aliphatic hydroxyl groups excluding tert-OH is 1. The van der Waals surface area contributed by atoms with Crippen LogP contribution in [0.15, 0.2) is 12.2 Å². The Morgan fingerprint density at radius 1 is 0.458 bits per heavy atom. The van der Waals surface area contributed by atoms with Crippen molar-refractivity contribution in [3.8, 4) is 0 Å². The molecule has 0 aromatic rings. The fourth-order valence-electron chi connectivity index (χ4n) is 6.30. The van der Waals surface area contributed by atoms with Gasteiger partial charge in [0.15, 0.2) is 6.10 Å². The predicted molar refractivity (Wildman–Crippen MR) is 205 cm³/mol. The molecule has 5 nitrogen and oxygen atoms in total. The Kier molecular flexibility index (Phi) is 38.9. The highest BCUT2D eigenvalue weighted by molar-refractivity contribution is 5.70. The fourth-order valence-corrected chi connectivity index (χ4v) is 6.30. The maximum Gasteiger partial charge on any atom is 0.306 e. The molecule has 0 aromatic carbocycles. The van der Waals surface area contributed by atoms with Gasteiger partial charge in [-0.1, -0.05) is 199 Å². The minimum absolute atomic E-state index is 0.0646. The first-order chi connectivity index (χ1) is 23.6. The highest BCUT2D eigenvalue weighted by atomic mass is 16.6. The van der Waals surface area contributed by atoms with E-state index in [2.05, 4.69) is 26.0 Å². The largest absolute Gasteiger partial charge is 0.462 e. The lowest BCUT2D eigenvalue weighted by molar-refractivity contribution is -0.161. The molecule has 0 rings (SSSR count). The molecule has 1 N–H and O–H groups in total. The maximum absolute atomic E-state index is 12.2. The molecule has 0 heterocycles. The molecule has 0 aromatic heterocycles. The molecule has 5 heteroatoms. The molecule has 284 valence electrons. The van der Waals surface area contributed by atoms with Crippen molar-refractivity contribution >= 4 is 11.9 Å². The summed E-state index contributed by atoms with van der Waals surface area (Å²) < 4.78 is 10.6. The maximum atomic E-state index is 12.2. The Labute approximate surface area is 299 Å². The molecule has 0 saturated heterocycles. The molecule has 0 amide bonds. The zero-order valence-corrected chi connectivity index (χ0v) is 32.3. The van der Waals surface area contributed by atoms with Gasteiger partial charge in [0.25, 0.3) is 0 Å². The van der Waals surface area contributed by atoms with Crippen LogP contribution in [0, 0.1) is 0 Å². The number of aliphatic hydroxyl groups is 1. The lowest BCUT2D eigenvalue weighted by Crippen LogP contribution is -2.28. The Bertz CT molecular complexity index is 691. The van der Waals surface area contributed by atoms with Gasteiger partial charge in [0.1, 0.15) is 6.61 Å². The average molecular weight is 679 g/mol. The number of rotatable bonds is 39. The topological polar surface area (TPSA) is 72.8 Å². The first kappa shape index (κ1) is 46.6. The second-order valence-corrected chi connectivity index (χ2v) is 14.4. The van der Waals surface area contributed by atoms with E-state index in [-0.39, 0.29) is 25.2 Å². The van der Waals surface area contributed by atoms with Crippen molar-refractivity contribution in [2.75, 3.05) is 13.2 Å². The number of hydrogen-bond acceptors (Lipinski definition) is 5. The van der Waals surface area contributed by atoms with Crippen LogP contribution in [0.25, 0.3) is 0 Å².